The number of nitrogens with zero attached hydrogens (tertiary/aromatic N) is 1. The van der Waals surface area contributed by atoms with Gasteiger partial charge in [-0.25, -0.2) is 12.8 Å². The van der Waals surface area contributed by atoms with Crippen LogP contribution in [0.15, 0.2) is 36.5 Å². The predicted molar refractivity (Wildman–Crippen MR) is 107 cm³/mol. The number of nitrogens with one attached hydrogen (secondary N) is 3. The molecule has 0 saturated heterocycles. The van der Waals surface area contributed by atoms with Gasteiger partial charge < -0.3 is 10.6 Å². The molecule has 0 atom stereocenters. The normalized spacial score (nSPS) is 12.4. The molecule has 12 heteroatoms. The second-order valence-electron chi connectivity index (χ2n) is 7.08. The van der Waals surface area contributed by atoms with Gasteiger partial charge in [0.25, 0.3) is 5.91 Å². The van der Waals surface area contributed by atoms with E-state index in [9.17, 15) is 30.8 Å². The summed E-state index contributed by atoms with van der Waals surface area (Å²) in [5.74, 6) is -2.70. The van der Waals surface area contributed by atoms with E-state index in [1.54, 1.807) is 0 Å². The van der Waals surface area contributed by atoms with Crippen LogP contribution in [0.4, 0.5) is 23.2 Å². The van der Waals surface area contributed by atoms with Crippen LogP contribution >= 0.6 is 0 Å². The maximum absolute atomic E-state index is 14.2. The van der Waals surface area contributed by atoms with E-state index < -0.39 is 43.8 Å². The summed E-state index contributed by atoms with van der Waals surface area (Å²) in [6.45, 7) is 2.61. The highest BCUT2D eigenvalue weighted by atomic mass is 32.2. The summed E-state index contributed by atoms with van der Waals surface area (Å²) < 4.78 is 75.8. The van der Waals surface area contributed by atoms with Crippen LogP contribution in [-0.2, 0) is 21.8 Å². The van der Waals surface area contributed by atoms with Crippen molar-refractivity contribution in [2.45, 2.75) is 30.5 Å². The zero-order chi connectivity index (χ0) is 23.6. The van der Waals surface area contributed by atoms with E-state index in [0.717, 1.165) is 18.2 Å². The van der Waals surface area contributed by atoms with Crippen molar-refractivity contribution in [2.75, 3.05) is 12.4 Å². The first-order chi connectivity index (χ1) is 14.2. The first-order valence-corrected chi connectivity index (χ1v) is 10.5. The minimum Gasteiger partial charge on any atom is -0.376 e. The number of aromatic nitrogens is 1. The lowest BCUT2D eigenvalue weighted by Gasteiger charge is -2.25. The summed E-state index contributed by atoms with van der Waals surface area (Å²) in [5, 5.41) is 12.6. The lowest BCUT2D eigenvalue weighted by Crippen LogP contribution is -2.46. The summed E-state index contributed by atoms with van der Waals surface area (Å²) in [5.41, 5.74) is -1.54. The Bertz CT molecular complexity index is 1100. The molecule has 0 unspecified atom stereocenters. The lowest BCUT2D eigenvalue weighted by atomic mass is 10.2. The van der Waals surface area contributed by atoms with Crippen LogP contribution in [0, 0.1) is 11.2 Å². The van der Waals surface area contributed by atoms with Crippen LogP contribution in [0.1, 0.15) is 35.5 Å². The molecule has 0 aliphatic rings. The summed E-state index contributed by atoms with van der Waals surface area (Å²) in [6, 6.07) is 4.82. The quantitative estimate of drug-likeness (QED) is 0.348. The number of carbonyl (C=O) groups excluding carboxylic acids is 1. The van der Waals surface area contributed by atoms with Crippen molar-refractivity contribution in [1.29, 1.82) is 5.41 Å². The van der Waals surface area contributed by atoms with E-state index in [1.807, 2.05) is 0 Å². The Balaban J connectivity index is 2.25. The zero-order valence-electron chi connectivity index (χ0n) is 16.8. The Hall–Kier alpha value is -3.02. The molecule has 0 bridgehead atoms. The minimum atomic E-state index is -4.60. The Kier molecular flexibility index (Phi) is 6.74. The number of carbonyl (C=O) groups is 1. The van der Waals surface area contributed by atoms with Gasteiger partial charge in [-0.15, -0.1) is 0 Å². The third-order valence-corrected chi connectivity index (χ3v) is 7.05. The van der Waals surface area contributed by atoms with Crippen LogP contribution < -0.4 is 10.6 Å². The van der Waals surface area contributed by atoms with Crippen LogP contribution in [0.3, 0.4) is 0 Å². The summed E-state index contributed by atoms with van der Waals surface area (Å²) in [7, 11) is -2.63. The molecule has 1 heterocycles. The van der Waals surface area contributed by atoms with Gasteiger partial charge in [0.05, 0.1) is 11.3 Å². The number of pyridine rings is 1. The van der Waals surface area contributed by atoms with Gasteiger partial charge >= 0.3 is 6.18 Å². The monoisotopic (exact) mass is 460 g/mol. The molecule has 31 heavy (non-hydrogen) atoms. The molecule has 2 aromatic rings. The van der Waals surface area contributed by atoms with E-state index in [-0.39, 0.29) is 22.8 Å². The van der Waals surface area contributed by atoms with Gasteiger partial charge in [0.2, 0.25) is 0 Å². The summed E-state index contributed by atoms with van der Waals surface area (Å²) in [4.78, 5) is 15.7. The first kappa shape index (κ1) is 24.3. The maximum Gasteiger partial charge on any atom is 0.417 e. The van der Waals surface area contributed by atoms with Gasteiger partial charge in [0.15, 0.2) is 9.84 Å². The van der Waals surface area contributed by atoms with Gasteiger partial charge in [-0.3, -0.25) is 15.2 Å². The van der Waals surface area contributed by atoms with E-state index in [2.05, 4.69) is 15.6 Å². The fourth-order valence-electron chi connectivity index (χ4n) is 2.50. The Morgan fingerprint density at radius 3 is 2.32 bits per heavy atom. The fraction of sp³-hybridized carbons (Fsp3) is 0.316. The number of sulfone groups is 1. The van der Waals surface area contributed by atoms with Crippen molar-refractivity contribution in [3.8, 4) is 0 Å². The number of benzene rings is 1. The predicted octanol–water partition coefficient (Wildman–Crippen LogP) is 3.38. The highest BCUT2D eigenvalue weighted by Gasteiger charge is 2.39. The molecule has 0 aliphatic carbocycles. The van der Waals surface area contributed by atoms with Gasteiger partial charge in [0, 0.05) is 24.5 Å². The van der Waals surface area contributed by atoms with Gasteiger partial charge in [-0.2, -0.15) is 13.2 Å². The number of amides is 1. The molecule has 0 aliphatic heterocycles. The molecule has 2 rings (SSSR count). The van der Waals surface area contributed by atoms with E-state index in [4.69, 9.17) is 5.41 Å². The van der Waals surface area contributed by atoms with E-state index in [1.165, 1.54) is 27.0 Å². The molecule has 0 spiro atoms. The smallest absolute Gasteiger partial charge is 0.376 e. The van der Waals surface area contributed by atoms with Crippen molar-refractivity contribution in [3.05, 3.63) is 59.2 Å². The fourth-order valence-corrected chi connectivity index (χ4v) is 3.90. The Morgan fingerprint density at radius 2 is 1.81 bits per heavy atom. The van der Waals surface area contributed by atoms with Crippen molar-refractivity contribution < 1.29 is 30.8 Å². The van der Waals surface area contributed by atoms with Crippen molar-refractivity contribution in [2.24, 2.45) is 0 Å². The van der Waals surface area contributed by atoms with E-state index >= 15 is 0 Å². The third kappa shape index (κ3) is 5.37. The third-order valence-electron chi connectivity index (χ3n) is 4.60. The van der Waals surface area contributed by atoms with Crippen molar-refractivity contribution in [1.82, 2.24) is 10.3 Å². The molecule has 0 fully saturated rings. The number of hydrogen-bond donors (Lipinski definition) is 3. The second-order valence-corrected chi connectivity index (χ2v) is 9.62. The van der Waals surface area contributed by atoms with Crippen LogP contribution in [0.25, 0.3) is 0 Å². The molecule has 168 valence electrons. The van der Waals surface area contributed by atoms with Gasteiger partial charge in [-0.1, -0.05) is 0 Å². The van der Waals surface area contributed by atoms with E-state index in [0.29, 0.717) is 12.3 Å². The van der Waals surface area contributed by atoms with Crippen LogP contribution in [-0.4, -0.2) is 36.9 Å². The molecule has 1 aromatic carbocycles. The molecule has 3 N–H and O–H groups in total. The molecule has 1 aromatic heterocycles. The Labute approximate surface area is 176 Å². The number of alkyl halides is 3. The standard InChI is InChI=1S/C19H20F4N4O3S/c1-18(2,17(24)25-3)31(29,30)10-11-8-13(5-6-14(11)20)27-16(28)15-7-4-12(9-26-15)19(21,22)23/h4-9H,10H2,1-3H3,(H2,24,25)(H,27,28). The number of hydrogen-bond acceptors (Lipinski definition) is 5. The molecule has 7 nitrogen and oxygen atoms in total. The lowest BCUT2D eigenvalue weighted by molar-refractivity contribution is -0.137. The second kappa shape index (κ2) is 8.61. The molecule has 1 amide bonds. The van der Waals surface area contributed by atoms with Gasteiger partial charge in [0.1, 0.15) is 22.1 Å². The summed E-state index contributed by atoms with van der Waals surface area (Å²) >= 11 is 0. The number of amidine groups is 1. The topological polar surface area (TPSA) is 112 Å². The molecular formula is C19H20F4N4O3S. The molecule has 0 radical (unpaired) electrons. The summed E-state index contributed by atoms with van der Waals surface area (Å²) in [6.07, 6.45) is -4.09. The largest absolute Gasteiger partial charge is 0.417 e. The average molecular weight is 460 g/mol. The number of halogens is 4. The molecular weight excluding hydrogens is 440 g/mol. The van der Waals surface area contributed by atoms with Crippen molar-refractivity contribution >= 4 is 27.3 Å². The highest BCUT2D eigenvalue weighted by Crippen LogP contribution is 2.28. The van der Waals surface area contributed by atoms with Crippen molar-refractivity contribution in [3.63, 3.8) is 0 Å². The minimum absolute atomic E-state index is 0.0276. The first-order valence-electron chi connectivity index (χ1n) is 8.81. The maximum atomic E-state index is 14.2. The number of rotatable bonds is 6. The Morgan fingerprint density at radius 1 is 1.16 bits per heavy atom. The van der Waals surface area contributed by atoms with Gasteiger partial charge in [-0.05, 0) is 44.2 Å². The average Bonchev–Trinajstić information content (AvgIpc) is 2.68. The van der Waals surface area contributed by atoms with Crippen LogP contribution in [0.5, 0.6) is 0 Å². The molecule has 0 saturated carbocycles. The van der Waals surface area contributed by atoms with Crippen LogP contribution in [0.2, 0.25) is 0 Å². The zero-order valence-corrected chi connectivity index (χ0v) is 17.6. The number of anilines is 1. The SMILES string of the molecule is CNC(=N)C(C)(C)S(=O)(=O)Cc1cc(NC(=O)c2ccc(C(F)(F)F)cn2)ccc1F. The highest BCUT2D eigenvalue weighted by molar-refractivity contribution is 7.92.